The molecule has 10 heteroatoms. The van der Waals surface area contributed by atoms with E-state index in [1.54, 1.807) is 19.1 Å². The van der Waals surface area contributed by atoms with Crippen LogP contribution in [-0.2, 0) is 10.0 Å². The van der Waals surface area contributed by atoms with Crippen LogP contribution in [-0.4, -0.2) is 47.4 Å². The second-order valence-electron chi connectivity index (χ2n) is 4.82. The van der Waals surface area contributed by atoms with Crippen LogP contribution in [0, 0.1) is 18.3 Å². The topological polar surface area (TPSA) is 128 Å². The van der Waals surface area contributed by atoms with Crippen LogP contribution in [0.2, 0.25) is 0 Å². The average Bonchev–Trinajstić information content (AvgIpc) is 3.03. The zero-order chi connectivity index (χ0) is 17.0. The number of nitriles is 1. The number of aromatic amines is 1. The fourth-order valence-corrected chi connectivity index (χ4v) is 2.89. The summed E-state index contributed by atoms with van der Waals surface area (Å²) in [5.41, 5.74) is 1.32. The van der Waals surface area contributed by atoms with Crippen molar-refractivity contribution in [3.63, 3.8) is 0 Å². The second-order valence-corrected chi connectivity index (χ2v) is 6.94. The number of tetrazole rings is 1. The molecule has 2 aromatic rings. The Labute approximate surface area is 133 Å². The van der Waals surface area contributed by atoms with Crippen molar-refractivity contribution in [1.29, 1.82) is 5.26 Å². The van der Waals surface area contributed by atoms with Gasteiger partial charge in [0.25, 0.3) is 0 Å². The van der Waals surface area contributed by atoms with Gasteiger partial charge in [0.2, 0.25) is 15.8 Å². The molecule has 23 heavy (non-hydrogen) atoms. The van der Waals surface area contributed by atoms with Gasteiger partial charge in [-0.3, -0.25) is 0 Å². The molecule has 0 amide bonds. The summed E-state index contributed by atoms with van der Waals surface area (Å²) >= 11 is 0. The molecular formula is C13H15N7O2S. The van der Waals surface area contributed by atoms with Crippen LogP contribution in [0.4, 0.5) is 5.69 Å². The lowest BCUT2D eigenvalue weighted by Crippen LogP contribution is -2.23. The molecule has 1 aromatic carbocycles. The smallest absolute Gasteiger partial charge is 0.242 e. The zero-order valence-electron chi connectivity index (χ0n) is 12.8. The lowest BCUT2D eigenvalue weighted by molar-refractivity contribution is 0.520. The highest BCUT2D eigenvalue weighted by molar-refractivity contribution is 7.89. The van der Waals surface area contributed by atoms with Gasteiger partial charge in [-0.1, -0.05) is 6.07 Å². The predicted octanol–water partition coefficient (Wildman–Crippen LogP) is 0.735. The molecule has 0 radical (unpaired) electrons. The Morgan fingerprint density at radius 2 is 2.17 bits per heavy atom. The number of allylic oxidation sites excluding steroid dienone is 1. The first-order valence-electron chi connectivity index (χ1n) is 6.50. The van der Waals surface area contributed by atoms with Crippen molar-refractivity contribution in [3.8, 4) is 6.07 Å². The highest BCUT2D eigenvalue weighted by Gasteiger charge is 2.20. The van der Waals surface area contributed by atoms with Gasteiger partial charge in [-0.05, 0) is 29.8 Å². The summed E-state index contributed by atoms with van der Waals surface area (Å²) < 4.78 is 25.7. The van der Waals surface area contributed by atoms with E-state index in [0.29, 0.717) is 11.3 Å². The number of hydrogen-bond acceptors (Lipinski definition) is 7. The maximum Gasteiger partial charge on any atom is 0.242 e. The molecule has 0 saturated carbocycles. The van der Waals surface area contributed by atoms with Crippen LogP contribution in [0.1, 0.15) is 11.4 Å². The van der Waals surface area contributed by atoms with Crippen LogP contribution < -0.4 is 5.32 Å². The molecule has 0 aliphatic carbocycles. The molecule has 2 rings (SSSR count). The van der Waals surface area contributed by atoms with Crippen molar-refractivity contribution in [2.24, 2.45) is 0 Å². The molecule has 1 aromatic heterocycles. The third-order valence-electron chi connectivity index (χ3n) is 3.04. The first-order valence-corrected chi connectivity index (χ1v) is 7.94. The SMILES string of the molecule is Cc1ccc(NC=C(C#N)c2nn[nH]n2)cc1S(=O)(=O)N(C)C. The molecule has 0 bridgehead atoms. The standard InChI is InChI=1S/C13H15N7O2S/c1-9-4-5-11(6-12(9)23(21,22)20(2)3)15-8-10(7-14)13-16-18-19-17-13/h4-6,8,15H,1-3H3,(H,16,17,18,19). The molecule has 120 valence electrons. The summed E-state index contributed by atoms with van der Waals surface area (Å²) in [7, 11) is -0.607. The third kappa shape index (κ3) is 3.53. The molecule has 0 unspecified atom stereocenters. The molecular weight excluding hydrogens is 318 g/mol. The van der Waals surface area contributed by atoms with Crippen molar-refractivity contribution in [1.82, 2.24) is 24.9 Å². The van der Waals surface area contributed by atoms with Crippen LogP contribution in [0.15, 0.2) is 29.3 Å². The number of aromatic nitrogens is 4. The summed E-state index contributed by atoms with van der Waals surface area (Å²) in [5, 5.41) is 25.0. The Hall–Kier alpha value is -2.77. The van der Waals surface area contributed by atoms with Crippen molar-refractivity contribution in [2.45, 2.75) is 11.8 Å². The van der Waals surface area contributed by atoms with E-state index < -0.39 is 10.0 Å². The van der Waals surface area contributed by atoms with Gasteiger partial charge >= 0.3 is 0 Å². The van der Waals surface area contributed by atoms with E-state index in [1.165, 1.54) is 26.4 Å². The van der Waals surface area contributed by atoms with Gasteiger partial charge in [0.1, 0.15) is 11.6 Å². The number of nitrogens with zero attached hydrogens (tertiary/aromatic N) is 5. The Morgan fingerprint density at radius 1 is 1.43 bits per heavy atom. The van der Waals surface area contributed by atoms with Crippen LogP contribution in [0.3, 0.4) is 0 Å². The van der Waals surface area contributed by atoms with E-state index in [2.05, 4.69) is 25.9 Å². The number of hydrogen-bond donors (Lipinski definition) is 2. The lowest BCUT2D eigenvalue weighted by atomic mass is 10.2. The molecule has 1 heterocycles. The molecule has 0 aliphatic heterocycles. The van der Waals surface area contributed by atoms with E-state index in [1.807, 2.05) is 6.07 Å². The Balaban J connectivity index is 2.34. The second kappa shape index (κ2) is 6.55. The van der Waals surface area contributed by atoms with Crippen molar-refractivity contribution in [3.05, 3.63) is 35.8 Å². The minimum absolute atomic E-state index is 0.147. The Morgan fingerprint density at radius 3 is 2.74 bits per heavy atom. The number of benzene rings is 1. The summed E-state index contributed by atoms with van der Waals surface area (Å²) in [5.74, 6) is 0.147. The van der Waals surface area contributed by atoms with Gasteiger partial charge < -0.3 is 5.32 Å². The van der Waals surface area contributed by atoms with E-state index >= 15 is 0 Å². The minimum atomic E-state index is -3.55. The van der Waals surface area contributed by atoms with Crippen LogP contribution >= 0.6 is 0 Å². The number of nitrogens with one attached hydrogen (secondary N) is 2. The highest BCUT2D eigenvalue weighted by Crippen LogP contribution is 2.22. The minimum Gasteiger partial charge on any atom is -0.360 e. The molecule has 0 spiro atoms. The summed E-state index contributed by atoms with van der Waals surface area (Å²) in [6.45, 7) is 1.72. The fraction of sp³-hybridized carbons (Fsp3) is 0.231. The predicted molar refractivity (Wildman–Crippen MR) is 83.4 cm³/mol. The number of rotatable bonds is 5. The normalized spacial score (nSPS) is 12.2. The van der Waals surface area contributed by atoms with E-state index in [-0.39, 0.29) is 16.3 Å². The van der Waals surface area contributed by atoms with Gasteiger partial charge in [0.15, 0.2) is 0 Å². The molecule has 0 saturated heterocycles. The molecule has 0 aliphatic rings. The van der Waals surface area contributed by atoms with Crippen LogP contribution in [0.5, 0.6) is 0 Å². The summed E-state index contributed by atoms with van der Waals surface area (Å²) in [6, 6.07) is 6.84. The lowest BCUT2D eigenvalue weighted by Gasteiger charge is -2.14. The first-order chi connectivity index (χ1) is 10.9. The maximum absolute atomic E-state index is 12.3. The average molecular weight is 333 g/mol. The van der Waals surface area contributed by atoms with E-state index in [9.17, 15) is 8.42 Å². The van der Waals surface area contributed by atoms with Crippen molar-refractivity contribution < 1.29 is 8.42 Å². The highest BCUT2D eigenvalue weighted by atomic mass is 32.2. The Kier molecular flexibility index (Phi) is 4.73. The summed E-state index contributed by atoms with van der Waals surface area (Å²) in [4.78, 5) is 0.193. The Bertz CT molecular complexity index is 864. The number of H-pyrrole nitrogens is 1. The largest absolute Gasteiger partial charge is 0.360 e. The van der Waals surface area contributed by atoms with Gasteiger partial charge in [-0.2, -0.15) is 10.5 Å². The van der Waals surface area contributed by atoms with Gasteiger partial charge in [-0.15, -0.1) is 10.2 Å². The molecule has 9 nitrogen and oxygen atoms in total. The quantitative estimate of drug-likeness (QED) is 0.772. The molecule has 0 atom stereocenters. The van der Waals surface area contributed by atoms with E-state index in [0.717, 1.165) is 4.31 Å². The molecule has 2 N–H and O–H groups in total. The third-order valence-corrected chi connectivity index (χ3v) is 4.99. The number of anilines is 1. The van der Waals surface area contributed by atoms with Gasteiger partial charge in [0, 0.05) is 26.0 Å². The van der Waals surface area contributed by atoms with E-state index in [4.69, 9.17) is 5.26 Å². The zero-order valence-corrected chi connectivity index (χ0v) is 13.6. The number of sulfonamides is 1. The maximum atomic E-state index is 12.3. The first kappa shape index (κ1) is 16.6. The molecule has 0 fully saturated rings. The van der Waals surface area contributed by atoms with Gasteiger partial charge in [0.05, 0.1) is 4.90 Å². The van der Waals surface area contributed by atoms with Gasteiger partial charge in [-0.25, -0.2) is 12.7 Å². The van der Waals surface area contributed by atoms with Crippen LogP contribution in [0.25, 0.3) is 5.57 Å². The van der Waals surface area contributed by atoms with Crippen molar-refractivity contribution >= 4 is 21.3 Å². The number of aryl methyl sites for hydroxylation is 1. The summed E-state index contributed by atoms with van der Waals surface area (Å²) in [6.07, 6.45) is 1.39. The monoisotopic (exact) mass is 333 g/mol. The van der Waals surface area contributed by atoms with Crippen molar-refractivity contribution in [2.75, 3.05) is 19.4 Å². The fourth-order valence-electron chi connectivity index (χ4n) is 1.74.